The van der Waals surface area contributed by atoms with Crippen molar-refractivity contribution in [1.29, 1.82) is 0 Å². The molecular weight excluding hydrogens is 350 g/mol. The molecule has 0 saturated heterocycles. The minimum Gasteiger partial charge on any atom is -0.391 e. The van der Waals surface area contributed by atoms with E-state index in [1.807, 2.05) is 13.8 Å². The van der Waals surface area contributed by atoms with Gasteiger partial charge in [0.05, 0.1) is 0 Å². The van der Waals surface area contributed by atoms with Gasteiger partial charge in [-0.2, -0.15) is 0 Å². The molecule has 5 nitrogen and oxygen atoms in total. The van der Waals surface area contributed by atoms with Crippen molar-refractivity contribution in [3.05, 3.63) is 70.8 Å². The van der Waals surface area contributed by atoms with Crippen LogP contribution in [-0.4, -0.2) is 24.4 Å². The lowest BCUT2D eigenvalue weighted by Crippen LogP contribution is -2.17. The molecule has 0 aliphatic carbocycles. The molecule has 0 aromatic heterocycles. The van der Waals surface area contributed by atoms with E-state index in [2.05, 4.69) is 70.8 Å². The second-order valence-corrected chi connectivity index (χ2v) is 6.74. The van der Waals surface area contributed by atoms with Crippen LogP contribution in [0.2, 0.25) is 0 Å². The Labute approximate surface area is 168 Å². The van der Waals surface area contributed by atoms with E-state index in [1.54, 1.807) is 12.4 Å². The van der Waals surface area contributed by atoms with Crippen LogP contribution in [0.3, 0.4) is 0 Å². The van der Waals surface area contributed by atoms with Crippen LogP contribution in [0.15, 0.2) is 58.8 Å². The average Bonchev–Trinajstić information content (AvgIpc) is 2.71. The van der Waals surface area contributed by atoms with Crippen molar-refractivity contribution in [1.82, 2.24) is 4.90 Å². The first-order valence-corrected chi connectivity index (χ1v) is 9.83. The second kappa shape index (κ2) is 12.7. The number of hydrogen-bond acceptors (Lipinski definition) is 5. The van der Waals surface area contributed by atoms with Crippen LogP contribution in [0.5, 0.6) is 0 Å². The number of benzene rings is 2. The highest BCUT2D eigenvalue weighted by Crippen LogP contribution is 2.12. The van der Waals surface area contributed by atoms with Gasteiger partial charge in [-0.1, -0.05) is 72.7 Å². The molecule has 150 valence electrons. The van der Waals surface area contributed by atoms with Gasteiger partial charge in [-0.05, 0) is 42.1 Å². The lowest BCUT2D eigenvalue weighted by molar-refractivity contribution is 0.131. The quantitative estimate of drug-likeness (QED) is 0.378. The summed E-state index contributed by atoms with van der Waals surface area (Å²) in [6.07, 6.45) is 5.30. The van der Waals surface area contributed by atoms with Crippen LogP contribution in [0.25, 0.3) is 0 Å². The zero-order valence-corrected chi connectivity index (χ0v) is 17.2. The smallest absolute Gasteiger partial charge is 0.142 e. The van der Waals surface area contributed by atoms with E-state index in [1.165, 1.54) is 11.1 Å². The fourth-order valence-electron chi connectivity index (χ4n) is 2.64. The van der Waals surface area contributed by atoms with Crippen LogP contribution in [0.1, 0.15) is 48.9 Å². The van der Waals surface area contributed by atoms with Crippen LogP contribution in [-0.2, 0) is 36.0 Å². The summed E-state index contributed by atoms with van der Waals surface area (Å²) in [6.45, 7) is 6.87. The normalized spacial score (nSPS) is 11.6. The number of hydrogen-bond donors (Lipinski definition) is 0. The average molecular weight is 382 g/mol. The Bertz CT molecular complexity index is 661. The Morgan fingerprint density at radius 1 is 0.679 bits per heavy atom. The molecule has 0 saturated carbocycles. The van der Waals surface area contributed by atoms with E-state index in [0.717, 1.165) is 37.1 Å². The molecule has 5 heteroatoms. The van der Waals surface area contributed by atoms with Gasteiger partial charge in [0.15, 0.2) is 0 Å². The van der Waals surface area contributed by atoms with Crippen molar-refractivity contribution in [2.24, 2.45) is 10.3 Å². The van der Waals surface area contributed by atoms with Gasteiger partial charge >= 0.3 is 0 Å². The summed E-state index contributed by atoms with van der Waals surface area (Å²) in [5.74, 6) is 0. The third-order valence-corrected chi connectivity index (χ3v) is 4.08. The molecule has 0 spiro atoms. The Morgan fingerprint density at radius 3 is 1.39 bits per heavy atom. The predicted octanol–water partition coefficient (Wildman–Crippen LogP) is 5.14. The van der Waals surface area contributed by atoms with Crippen molar-refractivity contribution in [3.8, 4) is 0 Å². The lowest BCUT2D eigenvalue weighted by atomic mass is 10.1. The zero-order chi connectivity index (χ0) is 20.0. The second-order valence-electron chi connectivity index (χ2n) is 6.74. The van der Waals surface area contributed by atoms with Crippen LogP contribution in [0.4, 0.5) is 0 Å². The minimum absolute atomic E-state index is 0.506. The third-order valence-electron chi connectivity index (χ3n) is 4.08. The van der Waals surface area contributed by atoms with Gasteiger partial charge in [0.1, 0.15) is 13.2 Å². The van der Waals surface area contributed by atoms with E-state index < -0.39 is 0 Å². The summed E-state index contributed by atoms with van der Waals surface area (Å²) in [5, 5.41) is 7.77. The summed E-state index contributed by atoms with van der Waals surface area (Å²) in [7, 11) is 2.13. The van der Waals surface area contributed by atoms with Crippen LogP contribution in [0, 0.1) is 0 Å². The van der Waals surface area contributed by atoms with Crippen molar-refractivity contribution < 1.29 is 9.68 Å². The number of rotatable bonds is 12. The molecule has 28 heavy (non-hydrogen) atoms. The summed E-state index contributed by atoms with van der Waals surface area (Å²) >= 11 is 0. The van der Waals surface area contributed by atoms with Crippen molar-refractivity contribution >= 4 is 12.4 Å². The molecule has 0 N–H and O–H groups in total. The van der Waals surface area contributed by atoms with Crippen molar-refractivity contribution in [2.45, 2.75) is 53.0 Å². The topological polar surface area (TPSA) is 46.4 Å². The molecular formula is C23H31N3O2. The van der Waals surface area contributed by atoms with E-state index in [-0.39, 0.29) is 0 Å². The Morgan fingerprint density at radius 2 is 1.04 bits per heavy atom. The van der Waals surface area contributed by atoms with Crippen LogP contribution >= 0.6 is 0 Å². The highest BCUT2D eigenvalue weighted by Gasteiger charge is 2.03. The Kier molecular flexibility index (Phi) is 9.80. The number of nitrogens with zero attached hydrogens (tertiary/aromatic N) is 3. The fourth-order valence-corrected chi connectivity index (χ4v) is 2.64. The molecule has 0 aliphatic rings. The van der Waals surface area contributed by atoms with Gasteiger partial charge < -0.3 is 9.68 Å². The molecule has 2 aromatic carbocycles. The first-order valence-electron chi connectivity index (χ1n) is 9.83. The molecule has 0 heterocycles. The van der Waals surface area contributed by atoms with Gasteiger partial charge in [-0.25, -0.2) is 0 Å². The Balaban J connectivity index is 1.77. The summed E-state index contributed by atoms with van der Waals surface area (Å²) in [4.78, 5) is 12.8. The molecule has 0 amide bonds. The maximum atomic E-state index is 5.25. The number of oxime groups is 2. The minimum atomic E-state index is 0.506. The standard InChI is InChI=1S/C23H31N3O2/c1-4-14-24-27-18-22-10-6-20(7-11-22)16-26(3)17-21-8-12-23(13-9-21)19-28-25-15-5-2/h6-15H,4-5,16-19H2,1-3H3/b24-14+,25-15+. The van der Waals surface area contributed by atoms with E-state index in [0.29, 0.717) is 13.2 Å². The first-order chi connectivity index (χ1) is 13.7. The van der Waals surface area contributed by atoms with Gasteiger partial charge in [-0.3, -0.25) is 4.90 Å². The van der Waals surface area contributed by atoms with Gasteiger partial charge in [0.25, 0.3) is 0 Å². The molecule has 0 bridgehead atoms. The maximum absolute atomic E-state index is 5.25. The van der Waals surface area contributed by atoms with Crippen LogP contribution < -0.4 is 0 Å². The van der Waals surface area contributed by atoms with E-state index in [9.17, 15) is 0 Å². The SMILES string of the molecule is CC/C=N/OCc1ccc(CN(C)Cc2ccc(CO/N=C/CC)cc2)cc1. The predicted molar refractivity (Wildman–Crippen MR) is 115 cm³/mol. The van der Waals surface area contributed by atoms with Crippen molar-refractivity contribution in [2.75, 3.05) is 7.05 Å². The maximum Gasteiger partial charge on any atom is 0.142 e. The lowest BCUT2D eigenvalue weighted by Gasteiger charge is -2.17. The molecule has 2 rings (SSSR count). The highest BCUT2D eigenvalue weighted by molar-refractivity contribution is 5.55. The van der Waals surface area contributed by atoms with E-state index >= 15 is 0 Å². The largest absolute Gasteiger partial charge is 0.391 e. The molecule has 2 aromatic rings. The first kappa shape index (κ1) is 21.6. The summed E-state index contributed by atoms with van der Waals surface area (Å²) in [5.41, 5.74) is 4.81. The van der Waals surface area contributed by atoms with E-state index in [4.69, 9.17) is 9.68 Å². The monoisotopic (exact) mass is 381 g/mol. The molecule has 0 fully saturated rings. The summed E-state index contributed by atoms with van der Waals surface area (Å²) in [6, 6.07) is 17.0. The molecule has 0 aliphatic heterocycles. The molecule has 0 atom stereocenters. The Hall–Kier alpha value is -2.66. The third kappa shape index (κ3) is 8.35. The van der Waals surface area contributed by atoms with Gasteiger partial charge in [0.2, 0.25) is 0 Å². The van der Waals surface area contributed by atoms with Crippen molar-refractivity contribution in [3.63, 3.8) is 0 Å². The highest BCUT2D eigenvalue weighted by atomic mass is 16.6. The summed E-state index contributed by atoms with van der Waals surface area (Å²) < 4.78 is 0. The van der Waals surface area contributed by atoms with Gasteiger partial charge in [0, 0.05) is 25.5 Å². The zero-order valence-electron chi connectivity index (χ0n) is 17.2. The van der Waals surface area contributed by atoms with Gasteiger partial charge in [-0.15, -0.1) is 0 Å². The fraction of sp³-hybridized carbons (Fsp3) is 0.391. The molecule has 0 radical (unpaired) electrons. The molecule has 0 unspecified atom stereocenters.